The van der Waals surface area contributed by atoms with Crippen molar-refractivity contribution in [2.24, 2.45) is 23.7 Å². The number of anilines is 1. The Hall–Kier alpha value is -2.44. The predicted molar refractivity (Wildman–Crippen MR) is 90.2 cm³/mol. The molecule has 2 fully saturated rings. The molecular formula is C18H23NO6. The van der Waals surface area contributed by atoms with Crippen LogP contribution in [0.3, 0.4) is 0 Å². The average molecular weight is 349 g/mol. The van der Waals surface area contributed by atoms with E-state index in [4.69, 9.17) is 14.2 Å². The maximum atomic E-state index is 12.8. The number of ether oxygens (including phenoxy) is 3. The van der Waals surface area contributed by atoms with E-state index in [0.29, 0.717) is 22.9 Å². The molecule has 7 heteroatoms. The second-order valence-corrected chi connectivity index (χ2v) is 6.63. The lowest BCUT2D eigenvalue weighted by Crippen LogP contribution is -2.37. The summed E-state index contributed by atoms with van der Waals surface area (Å²) in [6.45, 7) is 0. The van der Waals surface area contributed by atoms with Crippen molar-refractivity contribution in [1.82, 2.24) is 0 Å². The minimum Gasteiger partial charge on any atom is -0.493 e. The number of carboxylic acid groups (broad SMARTS) is 1. The molecule has 0 spiro atoms. The number of amides is 1. The largest absolute Gasteiger partial charge is 0.493 e. The van der Waals surface area contributed by atoms with Crippen molar-refractivity contribution in [2.75, 3.05) is 26.6 Å². The predicted octanol–water partition coefficient (Wildman–Crippen LogP) is 2.40. The van der Waals surface area contributed by atoms with Crippen LogP contribution in [-0.2, 0) is 9.59 Å². The van der Waals surface area contributed by atoms with Crippen LogP contribution in [0.5, 0.6) is 17.2 Å². The minimum absolute atomic E-state index is 0.109. The number of hydrogen-bond acceptors (Lipinski definition) is 5. The van der Waals surface area contributed by atoms with Gasteiger partial charge in [0.2, 0.25) is 11.7 Å². The molecule has 0 saturated heterocycles. The molecule has 136 valence electrons. The van der Waals surface area contributed by atoms with E-state index < -0.39 is 17.8 Å². The minimum atomic E-state index is -0.878. The van der Waals surface area contributed by atoms with Gasteiger partial charge in [0.1, 0.15) is 0 Å². The van der Waals surface area contributed by atoms with E-state index in [9.17, 15) is 14.7 Å². The molecular weight excluding hydrogens is 326 g/mol. The number of rotatable bonds is 6. The zero-order chi connectivity index (χ0) is 18.1. The van der Waals surface area contributed by atoms with Crippen molar-refractivity contribution < 1.29 is 28.9 Å². The Morgan fingerprint density at radius 2 is 1.56 bits per heavy atom. The third-order valence-electron chi connectivity index (χ3n) is 5.44. The van der Waals surface area contributed by atoms with E-state index in [1.807, 2.05) is 0 Å². The lowest BCUT2D eigenvalue weighted by Gasteiger charge is -2.27. The Kier molecular flexibility index (Phi) is 4.74. The van der Waals surface area contributed by atoms with Gasteiger partial charge in [0.25, 0.3) is 0 Å². The van der Waals surface area contributed by atoms with Gasteiger partial charge in [0.15, 0.2) is 11.5 Å². The molecule has 1 amide bonds. The van der Waals surface area contributed by atoms with Crippen molar-refractivity contribution in [2.45, 2.75) is 19.3 Å². The molecule has 0 radical (unpaired) electrons. The molecule has 0 unspecified atom stereocenters. The smallest absolute Gasteiger partial charge is 0.307 e. The first-order valence-electron chi connectivity index (χ1n) is 8.33. The highest BCUT2D eigenvalue weighted by Crippen LogP contribution is 2.52. The van der Waals surface area contributed by atoms with Crippen molar-refractivity contribution in [3.05, 3.63) is 12.1 Å². The Labute approximate surface area is 146 Å². The summed E-state index contributed by atoms with van der Waals surface area (Å²) in [7, 11) is 4.50. The van der Waals surface area contributed by atoms with Crippen LogP contribution in [0.4, 0.5) is 5.69 Å². The molecule has 0 heterocycles. The molecule has 1 aromatic rings. The first kappa shape index (κ1) is 17.4. The molecule has 2 aliphatic rings. The maximum absolute atomic E-state index is 12.8. The van der Waals surface area contributed by atoms with Gasteiger partial charge >= 0.3 is 5.97 Å². The van der Waals surface area contributed by atoms with Gasteiger partial charge in [-0.3, -0.25) is 9.59 Å². The van der Waals surface area contributed by atoms with Gasteiger partial charge < -0.3 is 24.6 Å². The Morgan fingerprint density at radius 1 is 1.00 bits per heavy atom. The number of aliphatic carboxylic acids is 1. The van der Waals surface area contributed by atoms with E-state index in [0.717, 1.165) is 19.3 Å². The number of benzene rings is 1. The highest BCUT2D eigenvalue weighted by molar-refractivity contribution is 5.96. The normalized spacial score (nSPS) is 27.0. The van der Waals surface area contributed by atoms with Crippen molar-refractivity contribution >= 4 is 17.6 Å². The van der Waals surface area contributed by atoms with E-state index >= 15 is 0 Å². The van der Waals surface area contributed by atoms with Crippen LogP contribution in [0.25, 0.3) is 0 Å². The molecule has 1 aromatic carbocycles. The van der Waals surface area contributed by atoms with E-state index in [-0.39, 0.29) is 17.7 Å². The molecule has 2 N–H and O–H groups in total. The summed E-state index contributed by atoms with van der Waals surface area (Å²) in [6.07, 6.45) is 2.64. The second kappa shape index (κ2) is 6.82. The lowest BCUT2D eigenvalue weighted by atomic mass is 9.78. The van der Waals surface area contributed by atoms with Crippen LogP contribution in [0.15, 0.2) is 12.1 Å². The van der Waals surface area contributed by atoms with E-state index in [1.165, 1.54) is 21.3 Å². The number of carbonyl (C=O) groups is 2. The van der Waals surface area contributed by atoms with Crippen LogP contribution in [-0.4, -0.2) is 38.3 Å². The topological polar surface area (TPSA) is 94.1 Å². The summed E-state index contributed by atoms with van der Waals surface area (Å²) < 4.78 is 15.8. The summed E-state index contributed by atoms with van der Waals surface area (Å²) in [5.41, 5.74) is 0.492. The molecule has 25 heavy (non-hydrogen) atoms. The van der Waals surface area contributed by atoms with Crippen LogP contribution >= 0.6 is 0 Å². The number of hydrogen-bond donors (Lipinski definition) is 2. The Balaban J connectivity index is 1.84. The van der Waals surface area contributed by atoms with Crippen LogP contribution < -0.4 is 19.5 Å². The van der Waals surface area contributed by atoms with Crippen molar-refractivity contribution in [3.63, 3.8) is 0 Å². The van der Waals surface area contributed by atoms with Crippen LogP contribution in [0, 0.1) is 23.7 Å². The van der Waals surface area contributed by atoms with Gasteiger partial charge in [0.05, 0.1) is 33.2 Å². The monoisotopic (exact) mass is 349 g/mol. The quantitative estimate of drug-likeness (QED) is 0.819. The SMILES string of the molecule is COc1cc(NC(=O)[C@H]2[C@H]3CC[C@@H](C3)[C@H]2C(=O)O)cc(OC)c1OC. The summed E-state index contributed by atoms with van der Waals surface area (Å²) in [5.74, 6) is -0.667. The third kappa shape index (κ3) is 2.99. The van der Waals surface area contributed by atoms with E-state index in [2.05, 4.69) is 5.32 Å². The van der Waals surface area contributed by atoms with Gasteiger partial charge in [-0.15, -0.1) is 0 Å². The molecule has 4 atom stereocenters. The van der Waals surface area contributed by atoms with Crippen LogP contribution in [0.2, 0.25) is 0 Å². The number of fused-ring (bicyclic) bond motifs is 2. The molecule has 0 aliphatic heterocycles. The number of methoxy groups -OCH3 is 3. The van der Waals surface area contributed by atoms with Crippen molar-refractivity contribution in [1.29, 1.82) is 0 Å². The highest BCUT2D eigenvalue weighted by Gasteiger charge is 2.54. The first-order valence-corrected chi connectivity index (χ1v) is 8.33. The summed E-state index contributed by atoms with van der Waals surface area (Å²) >= 11 is 0. The van der Waals surface area contributed by atoms with Gasteiger partial charge in [0, 0.05) is 17.8 Å². The fraction of sp³-hybridized carbons (Fsp3) is 0.556. The first-order chi connectivity index (χ1) is 12.0. The summed E-state index contributed by atoms with van der Waals surface area (Å²) in [4.78, 5) is 24.4. The molecule has 0 aromatic heterocycles. The van der Waals surface area contributed by atoms with Gasteiger partial charge in [-0.25, -0.2) is 0 Å². The average Bonchev–Trinajstić information content (AvgIpc) is 3.21. The lowest BCUT2D eigenvalue weighted by molar-refractivity contribution is -0.148. The fourth-order valence-corrected chi connectivity index (χ4v) is 4.40. The molecule has 3 rings (SSSR count). The summed E-state index contributed by atoms with van der Waals surface area (Å²) in [6, 6.07) is 3.28. The molecule has 2 aliphatic carbocycles. The highest BCUT2D eigenvalue weighted by atomic mass is 16.5. The van der Waals surface area contributed by atoms with Gasteiger partial charge in [-0.2, -0.15) is 0 Å². The molecule has 2 saturated carbocycles. The zero-order valence-corrected chi connectivity index (χ0v) is 14.6. The van der Waals surface area contributed by atoms with E-state index in [1.54, 1.807) is 12.1 Å². The maximum Gasteiger partial charge on any atom is 0.307 e. The van der Waals surface area contributed by atoms with Gasteiger partial charge in [-0.05, 0) is 31.1 Å². The third-order valence-corrected chi connectivity index (χ3v) is 5.44. The number of carbonyl (C=O) groups excluding carboxylic acids is 1. The van der Waals surface area contributed by atoms with Crippen molar-refractivity contribution in [3.8, 4) is 17.2 Å². The molecule has 2 bridgehead atoms. The van der Waals surface area contributed by atoms with Gasteiger partial charge in [-0.1, -0.05) is 0 Å². The number of nitrogens with one attached hydrogen (secondary N) is 1. The summed E-state index contributed by atoms with van der Waals surface area (Å²) in [5, 5.41) is 12.4. The molecule has 7 nitrogen and oxygen atoms in total. The standard InChI is InChI=1S/C18H23NO6/c1-23-12-7-11(8-13(24-2)16(12)25-3)19-17(20)14-9-4-5-10(6-9)15(14)18(21)22/h7-10,14-15H,4-6H2,1-3H3,(H,19,20)(H,21,22)/t9-,10-,14-,15+/m0/s1. The zero-order valence-electron chi connectivity index (χ0n) is 14.6. The second-order valence-electron chi connectivity index (χ2n) is 6.63. The Bertz CT molecular complexity index is 663. The Morgan fingerprint density at radius 3 is 2.04 bits per heavy atom. The number of carboxylic acids is 1. The fourth-order valence-electron chi connectivity index (χ4n) is 4.40. The van der Waals surface area contributed by atoms with Crippen LogP contribution in [0.1, 0.15) is 19.3 Å².